The van der Waals surface area contributed by atoms with Crippen LogP contribution >= 0.6 is 0 Å². The summed E-state index contributed by atoms with van der Waals surface area (Å²) >= 11 is 0. The van der Waals surface area contributed by atoms with E-state index in [0.717, 1.165) is 6.07 Å². The van der Waals surface area contributed by atoms with Crippen LogP contribution in [0.4, 0.5) is 5.69 Å². The number of nitro benzene ring substituents is 1. The molecule has 0 atom stereocenters. The number of benzene rings is 2. The maximum absolute atomic E-state index is 11.3. The fourth-order valence-electron chi connectivity index (χ4n) is 2.03. The molecule has 20 heavy (non-hydrogen) atoms. The van der Waals surface area contributed by atoms with Crippen LogP contribution in [0.1, 0.15) is 5.56 Å². The van der Waals surface area contributed by atoms with E-state index in [0.29, 0.717) is 11.1 Å². The largest absolute Gasteiger partial charge is 0.301 e. The highest BCUT2D eigenvalue weighted by molar-refractivity contribution is 7.86. The molecule has 0 saturated heterocycles. The van der Waals surface area contributed by atoms with Gasteiger partial charge in [-0.05, 0) is 24.1 Å². The molecule has 0 aliphatic carbocycles. The van der Waals surface area contributed by atoms with Gasteiger partial charge in [-0.3, -0.25) is 14.7 Å². The van der Waals surface area contributed by atoms with Gasteiger partial charge in [0.05, 0.1) is 10.5 Å². The van der Waals surface area contributed by atoms with Gasteiger partial charge >= 0.3 is 10.1 Å². The van der Waals surface area contributed by atoms with Crippen molar-refractivity contribution in [1.82, 2.24) is 0 Å². The molecule has 0 amide bonds. The molecule has 1 N–H and O–H groups in total. The summed E-state index contributed by atoms with van der Waals surface area (Å²) < 4.78 is 31.8. The Labute approximate surface area is 115 Å². The molecule has 104 valence electrons. The van der Waals surface area contributed by atoms with Gasteiger partial charge in [-0.25, -0.2) is 0 Å². The van der Waals surface area contributed by atoms with Crippen LogP contribution in [0.15, 0.2) is 47.4 Å². The van der Waals surface area contributed by atoms with Crippen LogP contribution in [-0.4, -0.2) is 17.9 Å². The minimum absolute atomic E-state index is 0.186. The molecule has 2 aromatic rings. The molecule has 0 heterocycles. The van der Waals surface area contributed by atoms with Crippen LogP contribution in [0.3, 0.4) is 0 Å². The van der Waals surface area contributed by atoms with Crippen LogP contribution in [0.2, 0.25) is 0 Å². The van der Waals surface area contributed by atoms with Gasteiger partial charge in [0.2, 0.25) is 0 Å². The van der Waals surface area contributed by atoms with E-state index >= 15 is 0 Å². The zero-order valence-electron chi connectivity index (χ0n) is 10.5. The molecule has 2 rings (SSSR count). The molecule has 0 fully saturated rings. The lowest BCUT2D eigenvalue weighted by atomic mass is 9.99. The third kappa shape index (κ3) is 2.54. The Bertz CT molecular complexity index is 769. The number of nitrogens with zero attached hydrogens (tertiary/aromatic N) is 1. The maximum atomic E-state index is 11.3. The smallest absolute Gasteiger partial charge is 0.282 e. The van der Waals surface area contributed by atoms with Crippen molar-refractivity contribution in [3.63, 3.8) is 0 Å². The van der Waals surface area contributed by atoms with Crippen LogP contribution in [0.5, 0.6) is 0 Å². The summed E-state index contributed by atoms with van der Waals surface area (Å²) in [6.07, 6.45) is 0. The van der Waals surface area contributed by atoms with Crippen molar-refractivity contribution >= 4 is 15.8 Å². The molecule has 0 bridgehead atoms. The Hall–Kier alpha value is -2.25. The van der Waals surface area contributed by atoms with Crippen molar-refractivity contribution in [2.24, 2.45) is 0 Å². The predicted octanol–water partition coefficient (Wildman–Crippen LogP) is 2.82. The van der Waals surface area contributed by atoms with Crippen LogP contribution in [-0.2, 0) is 10.1 Å². The van der Waals surface area contributed by atoms with Crippen LogP contribution < -0.4 is 0 Å². The number of rotatable bonds is 3. The van der Waals surface area contributed by atoms with Crippen molar-refractivity contribution in [3.8, 4) is 11.1 Å². The first kappa shape index (κ1) is 14.2. The van der Waals surface area contributed by atoms with E-state index in [1.165, 1.54) is 6.07 Å². The fraction of sp³-hybridized carbons (Fsp3) is 0.0769. The van der Waals surface area contributed by atoms with Crippen molar-refractivity contribution in [3.05, 3.63) is 58.1 Å². The van der Waals surface area contributed by atoms with Gasteiger partial charge in [-0.15, -0.1) is 0 Å². The number of hydrogen-bond acceptors (Lipinski definition) is 4. The highest BCUT2D eigenvalue weighted by Crippen LogP contribution is 2.37. The fourth-order valence-corrected chi connectivity index (χ4v) is 2.69. The molecule has 0 spiro atoms. The summed E-state index contributed by atoms with van der Waals surface area (Å²) in [4.78, 5) is 9.75. The molecular formula is C13H11NO5S. The molecule has 0 radical (unpaired) electrons. The third-order valence-electron chi connectivity index (χ3n) is 2.87. The van der Waals surface area contributed by atoms with Gasteiger partial charge in [-0.2, -0.15) is 8.42 Å². The summed E-state index contributed by atoms with van der Waals surface area (Å²) in [5.41, 5.74) is 0.641. The second-order valence-electron chi connectivity index (χ2n) is 4.20. The zero-order chi connectivity index (χ0) is 14.9. The van der Waals surface area contributed by atoms with Gasteiger partial charge < -0.3 is 0 Å². The molecule has 0 aromatic heterocycles. The van der Waals surface area contributed by atoms with Crippen molar-refractivity contribution in [2.45, 2.75) is 11.8 Å². The lowest BCUT2D eigenvalue weighted by Crippen LogP contribution is -2.05. The molecular weight excluding hydrogens is 282 g/mol. The first-order chi connectivity index (χ1) is 9.32. The Morgan fingerprint density at radius 1 is 1.10 bits per heavy atom. The van der Waals surface area contributed by atoms with Gasteiger partial charge in [0.25, 0.3) is 5.69 Å². The van der Waals surface area contributed by atoms with E-state index in [9.17, 15) is 18.5 Å². The normalized spacial score (nSPS) is 11.3. The average Bonchev–Trinajstić information content (AvgIpc) is 2.37. The third-order valence-corrected chi connectivity index (χ3v) is 3.76. The zero-order valence-corrected chi connectivity index (χ0v) is 11.3. The second kappa shape index (κ2) is 5.03. The van der Waals surface area contributed by atoms with E-state index in [2.05, 4.69) is 0 Å². The summed E-state index contributed by atoms with van der Waals surface area (Å²) in [6.45, 7) is 1.64. The Balaban J connectivity index is 2.90. The standard InChI is InChI=1S/C13H11NO5S/c1-9-7-8-11(20(17,18)19)13(14(15)16)12(9)10-5-3-2-4-6-10/h2-8H,1H3,(H,17,18,19). The molecule has 2 aromatic carbocycles. The quantitative estimate of drug-likeness (QED) is 0.533. The predicted molar refractivity (Wildman–Crippen MR) is 73.1 cm³/mol. The van der Waals surface area contributed by atoms with E-state index in [4.69, 9.17) is 4.55 Å². The number of hydrogen-bond donors (Lipinski definition) is 1. The summed E-state index contributed by atoms with van der Waals surface area (Å²) in [5.74, 6) is 0. The molecule has 6 nitrogen and oxygen atoms in total. The average molecular weight is 293 g/mol. The summed E-state index contributed by atoms with van der Waals surface area (Å²) in [7, 11) is -4.67. The molecule has 0 saturated carbocycles. The minimum atomic E-state index is -4.67. The van der Waals surface area contributed by atoms with Gasteiger partial charge in [0, 0.05) is 0 Å². The lowest BCUT2D eigenvalue weighted by molar-refractivity contribution is -0.387. The first-order valence-electron chi connectivity index (χ1n) is 5.63. The van der Waals surface area contributed by atoms with Crippen LogP contribution in [0.25, 0.3) is 11.1 Å². The molecule has 0 aliphatic rings. The topological polar surface area (TPSA) is 97.5 Å². The lowest BCUT2D eigenvalue weighted by Gasteiger charge is -2.09. The minimum Gasteiger partial charge on any atom is -0.282 e. The SMILES string of the molecule is Cc1ccc(S(=O)(=O)O)c([N+](=O)[O-])c1-c1ccccc1. The maximum Gasteiger partial charge on any atom is 0.301 e. The highest BCUT2D eigenvalue weighted by atomic mass is 32.2. The Kier molecular flexibility index (Phi) is 3.56. The Morgan fingerprint density at radius 3 is 2.20 bits per heavy atom. The molecule has 0 aliphatic heterocycles. The van der Waals surface area contributed by atoms with Crippen molar-refractivity contribution in [1.29, 1.82) is 0 Å². The monoisotopic (exact) mass is 293 g/mol. The molecule has 7 heteroatoms. The summed E-state index contributed by atoms with van der Waals surface area (Å²) in [6, 6.07) is 10.9. The van der Waals surface area contributed by atoms with Gasteiger partial charge in [0.15, 0.2) is 4.90 Å². The van der Waals surface area contributed by atoms with E-state index in [1.807, 2.05) is 0 Å². The van der Waals surface area contributed by atoms with Crippen LogP contribution in [0, 0.1) is 17.0 Å². The van der Waals surface area contributed by atoms with Gasteiger partial charge in [-0.1, -0.05) is 36.4 Å². The Morgan fingerprint density at radius 2 is 1.70 bits per heavy atom. The van der Waals surface area contributed by atoms with E-state index < -0.39 is 25.6 Å². The number of nitro groups is 1. The molecule has 0 unspecified atom stereocenters. The highest BCUT2D eigenvalue weighted by Gasteiger charge is 2.29. The summed E-state index contributed by atoms with van der Waals surface area (Å²) in [5, 5.41) is 11.2. The van der Waals surface area contributed by atoms with E-state index in [-0.39, 0.29) is 5.56 Å². The number of aryl methyl sites for hydroxylation is 1. The van der Waals surface area contributed by atoms with Gasteiger partial charge in [0.1, 0.15) is 0 Å². The first-order valence-corrected chi connectivity index (χ1v) is 7.07. The second-order valence-corrected chi connectivity index (χ2v) is 5.59. The van der Waals surface area contributed by atoms with Crippen molar-refractivity contribution in [2.75, 3.05) is 0 Å². The van der Waals surface area contributed by atoms with E-state index in [1.54, 1.807) is 37.3 Å². The van der Waals surface area contributed by atoms with Crippen molar-refractivity contribution < 1.29 is 17.9 Å².